The minimum Gasteiger partial charge on any atom is -0.432 e. The topological polar surface area (TPSA) is 59.3 Å². The summed E-state index contributed by atoms with van der Waals surface area (Å²) in [5.74, 6) is -0.904. The van der Waals surface area contributed by atoms with Gasteiger partial charge in [0.25, 0.3) is 0 Å². The third-order valence-corrected chi connectivity index (χ3v) is 0.952. The molecule has 0 aliphatic carbocycles. The van der Waals surface area contributed by atoms with E-state index in [0.717, 1.165) is 0 Å². The zero-order valence-electron chi connectivity index (χ0n) is 6.54. The summed E-state index contributed by atoms with van der Waals surface area (Å²) in [6.45, 7) is 3.39. The van der Waals surface area contributed by atoms with Crippen LogP contribution in [0, 0.1) is 11.3 Å². The lowest BCUT2D eigenvalue weighted by atomic mass is 10.3. The Morgan fingerprint density at radius 2 is 2.42 bits per heavy atom. The number of rotatable bonds is 4. The van der Waals surface area contributed by atoms with E-state index in [-0.39, 0.29) is 5.57 Å². The van der Waals surface area contributed by atoms with E-state index in [2.05, 4.69) is 16.1 Å². The van der Waals surface area contributed by atoms with Crippen molar-refractivity contribution in [3.63, 3.8) is 0 Å². The third-order valence-electron chi connectivity index (χ3n) is 0.952. The minimum absolute atomic E-state index is 0.343. The molecule has 0 fully saturated rings. The van der Waals surface area contributed by atoms with Crippen molar-refractivity contribution in [2.24, 2.45) is 0 Å². The number of ether oxygens (including phenoxy) is 2. The molecule has 0 saturated carbocycles. The van der Waals surface area contributed by atoms with Crippen molar-refractivity contribution in [2.75, 3.05) is 6.86 Å². The summed E-state index contributed by atoms with van der Waals surface area (Å²) in [6, 6.07) is 1.49. The van der Waals surface area contributed by atoms with Crippen molar-refractivity contribution in [1.29, 1.82) is 5.26 Å². The van der Waals surface area contributed by atoms with E-state index in [4.69, 9.17) is 5.26 Å². The summed E-state index contributed by atoms with van der Waals surface area (Å²) in [7, 11) is 0. The van der Waals surface area contributed by atoms with E-state index >= 15 is 0 Å². The molecule has 12 heavy (non-hydrogen) atoms. The summed E-state index contributed by atoms with van der Waals surface area (Å²) < 4.78 is 20.1. The molecular weight excluding hydrogens is 165 g/mol. The van der Waals surface area contributed by atoms with Gasteiger partial charge in [-0.15, -0.1) is 0 Å². The van der Waals surface area contributed by atoms with Gasteiger partial charge >= 0.3 is 5.97 Å². The summed E-state index contributed by atoms with van der Waals surface area (Å²) in [4.78, 5) is 10.7. The predicted octanol–water partition coefficient (Wildman–Crippen LogP) is 0.899. The molecule has 0 amide bonds. The van der Waals surface area contributed by atoms with Gasteiger partial charge in [0.1, 0.15) is 11.6 Å². The van der Waals surface area contributed by atoms with Crippen molar-refractivity contribution in [2.45, 2.75) is 13.2 Å². The highest BCUT2D eigenvalue weighted by atomic mass is 19.1. The van der Waals surface area contributed by atoms with E-state index in [1.807, 2.05) is 0 Å². The number of carbonyl (C=O) groups excluding carboxylic acids is 1. The van der Waals surface area contributed by atoms with Gasteiger partial charge in [0, 0.05) is 0 Å². The zero-order valence-corrected chi connectivity index (χ0v) is 6.54. The monoisotopic (exact) mass is 173 g/mol. The molecule has 1 atom stereocenters. The number of nitriles is 1. The number of hydrogen-bond acceptors (Lipinski definition) is 4. The molecule has 4 nitrogen and oxygen atoms in total. The average molecular weight is 173 g/mol. The Balaban J connectivity index is 3.86. The van der Waals surface area contributed by atoms with Gasteiger partial charge in [0.2, 0.25) is 6.29 Å². The molecule has 0 spiro atoms. The number of nitrogens with zero attached hydrogens (tertiary/aromatic N) is 1. The van der Waals surface area contributed by atoms with E-state index in [1.165, 1.54) is 13.0 Å². The molecule has 5 heteroatoms. The van der Waals surface area contributed by atoms with Gasteiger partial charge in [0.15, 0.2) is 6.86 Å². The van der Waals surface area contributed by atoms with Gasteiger partial charge in [-0.1, -0.05) is 6.58 Å². The number of alkyl halides is 1. The van der Waals surface area contributed by atoms with Crippen LogP contribution in [-0.4, -0.2) is 19.1 Å². The maximum atomic E-state index is 11.5. The van der Waals surface area contributed by atoms with Crippen LogP contribution in [-0.2, 0) is 14.3 Å². The van der Waals surface area contributed by atoms with Crippen LogP contribution >= 0.6 is 0 Å². The summed E-state index contributed by atoms with van der Waals surface area (Å²) in [5, 5.41) is 8.18. The summed E-state index contributed by atoms with van der Waals surface area (Å²) in [6.07, 6.45) is -1.01. The van der Waals surface area contributed by atoms with Crippen LogP contribution in [0.4, 0.5) is 4.39 Å². The maximum Gasteiger partial charge on any atom is 0.350 e. The Morgan fingerprint density at radius 3 is 2.83 bits per heavy atom. The molecule has 0 rings (SSSR count). The first kappa shape index (κ1) is 10.6. The second-order valence-corrected chi connectivity index (χ2v) is 1.84. The van der Waals surface area contributed by atoms with Crippen LogP contribution in [0.25, 0.3) is 0 Å². The van der Waals surface area contributed by atoms with E-state index in [1.54, 1.807) is 0 Å². The van der Waals surface area contributed by atoms with Crippen molar-refractivity contribution in [1.82, 2.24) is 0 Å². The summed E-state index contributed by atoms with van der Waals surface area (Å²) >= 11 is 0. The summed E-state index contributed by atoms with van der Waals surface area (Å²) in [5.41, 5.74) is -0.343. The predicted molar refractivity (Wildman–Crippen MR) is 37.4 cm³/mol. The van der Waals surface area contributed by atoms with Crippen molar-refractivity contribution >= 4 is 5.97 Å². The Labute approximate surface area is 69.2 Å². The molecule has 0 aromatic carbocycles. The van der Waals surface area contributed by atoms with Gasteiger partial charge in [-0.25, -0.2) is 9.18 Å². The molecule has 0 radical (unpaired) electrons. The first-order valence-electron chi connectivity index (χ1n) is 3.09. The van der Waals surface area contributed by atoms with E-state index < -0.39 is 19.1 Å². The SMILES string of the molecule is C=C(C#N)C(=O)OC(C)OCF. The lowest BCUT2D eigenvalue weighted by Crippen LogP contribution is -2.18. The Kier molecular flexibility index (Phi) is 4.65. The number of hydrogen-bond donors (Lipinski definition) is 0. The van der Waals surface area contributed by atoms with Gasteiger partial charge in [-0.2, -0.15) is 5.26 Å². The van der Waals surface area contributed by atoms with E-state index in [9.17, 15) is 9.18 Å². The largest absolute Gasteiger partial charge is 0.432 e. The molecule has 0 bridgehead atoms. The number of carbonyl (C=O) groups is 1. The second-order valence-electron chi connectivity index (χ2n) is 1.84. The fraction of sp³-hybridized carbons (Fsp3) is 0.429. The fourth-order valence-electron chi connectivity index (χ4n) is 0.390. The lowest BCUT2D eigenvalue weighted by molar-refractivity contribution is -0.176. The van der Waals surface area contributed by atoms with Gasteiger partial charge in [-0.05, 0) is 6.92 Å². The average Bonchev–Trinajstić information content (AvgIpc) is 2.03. The molecule has 1 unspecified atom stereocenters. The number of halogens is 1. The van der Waals surface area contributed by atoms with Crippen molar-refractivity contribution < 1.29 is 18.7 Å². The van der Waals surface area contributed by atoms with Crippen molar-refractivity contribution in [3.8, 4) is 6.07 Å². The van der Waals surface area contributed by atoms with Crippen LogP contribution in [0.2, 0.25) is 0 Å². The lowest BCUT2D eigenvalue weighted by Gasteiger charge is -2.10. The maximum absolute atomic E-state index is 11.5. The van der Waals surface area contributed by atoms with Crippen LogP contribution < -0.4 is 0 Å². The van der Waals surface area contributed by atoms with Crippen LogP contribution in [0.1, 0.15) is 6.92 Å². The smallest absolute Gasteiger partial charge is 0.350 e. The highest BCUT2D eigenvalue weighted by Gasteiger charge is 2.12. The van der Waals surface area contributed by atoms with Crippen LogP contribution in [0.5, 0.6) is 0 Å². The molecular formula is C7H8FNO3. The molecule has 66 valence electrons. The van der Waals surface area contributed by atoms with Crippen molar-refractivity contribution in [3.05, 3.63) is 12.2 Å². The molecule has 0 heterocycles. The van der Waals surface area contributed by atoms with Crippen LogP contribution in [0.15, 0.2) is 12.2 Å². The van der Waals surface area contributed by atoms with E-state index in [0.29, 0.717) is 0 Å². The van der Waals surface area contributed by atoms with Gasteiger partial charge in [0.05, 0.1) is 0 Å². The Hall–Kier alpha value is -1.41. The van der Waals surface area contributed by atoms with Gasteiger partial charge < -0.3 is 9.47 Å². The molecule has 0 saturated heterocycles. The molecule has 0 N–H and O–H groups in total. The molecule has 0 aromatic rings. The highest BCUT2D eigenvalue weighted by Crippen LogP contribution is 1.99. The Bertz CT molecular complexity index is 221. The molecule has 0 aliphatic rings. The standard InChI is InChI=1S/C7H8FNO3/c1-5(3-9)7(10)12-6(2)11-4-8/h6H,1,4H2,2H3. The van der Waals surface area contributed by atoms with Crippen LogP contribution in [0.3, 0.4) is 0 Å². The zero-order chi connectivity index (χ0) is 9.56. The fourth-order valence-corrected chi connectivity index (χ4v) is 0.390. The molecule has 0 aliphatic heterocycles. The Morgan fingerprint density at radius 1 is 1.83 bits per heavy atom. The number of esters is 1. The normalized spacial score (nSPS) is 11.4. The van der Waals surface area contributed by atoms with Gasteiger partial charge in [-0.3, -0.25) is 0 Å². The second kappa shape index (κ2) is 5.27. The molecule has 0 aromatic heterocycles. The third kappa shape index (κ3) is 3.68. The highest BCUT2D eigenvalue weighted by molar-refractivity contribution is 5.91. The minimum atomic E-state index is -1.05. The quantitative estimate of drug-likeness (QED) is 0.274. The first-order valence-corrected chi connectivity index (χ1v) is 3.09. The first-order chi connectivity index (χ1) is 5.61.